The molecule has 1 unspecified atom stereocenters. The van der Waals surface area contributed by atoms with Crippen molar-refractivity contribution in [3.63, 3.8) is 0 Å². The van der Waals surface area contributed by atoms with E-state index in [0.29, 0.717) is 47.9 Å². The van der Waals surface area contributed by atoms with Gasteiger partial charge in [0.1, 0.15) is 5.82 Å². The molecule has 1 saturated carbocycles. The minimum Gasteiger partial charge on any atom is -0.493 e. The van der Waals surface area contributed by atoms with E-state index in [0.717, 1.165) is 36.0 Å². The van der Waals surface area contributed by atoms with Crippen molar-refractivity contribution in [3.05, 3.63) is 76.5 Å². The van der Waals surface area contributed by atoms with Crippen molar-refractivity contribution in [1.82, 2.24) is 15.0 Å². The zero-order chi connectivity index (χ0) is 31.5. The maximum Gasteiger partial charge on any atom is 0.267 e. The second-order valence-electron chi connectivity index (χ2n) is 11.9. The van der Waals surface area contributed by atoms with E-state index in [1.807, 2.05) is 36.4 Å². The number of nitrogen functional groups attached to an aromatic ring is 2. The first-order valence-corrected chi connectivity index (χ1v) is 14.6. The number of hydrogen-bond acceptors (Lipinski definition) is 10. The summed E-state index contributed by atoms with van der Waals surface area (Å²) in [6.07, 6.45) is 10.6. The highest BCUT2D eigenvalue weighted by atomic mass is 16.6. The molecule has 3 aromatic rings. The molecule has 0 spiro atoms. The van der Waals surface area contributed by atoms with Crippen LogP contribution >= 0.6 is 0 Å². The van der Waals surface area contributed by atoms with Gasteiger partial charge in [0, 0.05) is 29.8 Å². The molecule has 2 heterocycles. The third-order valence-corrected chi connectivity index (χ3v) is 8.12. The second-order valence-corrected chi connectivity index (χ2v) is 11.9. The average Bonchev–Trinajstić information content (AvgIpc) is 3.78. The summed E-state index contributed by atoms with van der Waals surface area (Å²) >= 11 is 0. The summed E-state index contributed by atoms with van der Waals surface area (Å²) in [5.74, 6) is -0.0296. The third kappa shape index (κ3) is 7.17. The zero-order valence-corrected chi connectivity index (χ0v) is 25.6. The van der Waals surface area contributed by atoms with Gasteiger partial charge in [0.25, 0.3) is 5.91 Å². The van der Waals surface area contributed by atoms with Crippen molar-refractivity contribution in [1.29, 1.82) is 0 Å². The van der Waals surface area contributed by atoms with E-state index in [1.165, 1.54) is 6.08 Å². The number of carbonyl (C=O) groups is 1. The Labute approximate surface area is 257 Å². The lowest BCUT2D eigenvalue weighted by Crippen LogP contribution is -2.33. The van der Waals surface area contributed by atoms with E-state index in [1.54, 1.807) is 51.6 Å². The number of aromatic nitrogens is 2. The zero-order valence-electron chi connectivity index (χ0n) is 25.6. The topological polar surface area (TPSA) is 158 Å². The molecule has 11 heteroatoms. The molecule has 1 aliphatic carbocycles. The molecule has 1 atom stereocenters. The molecule has 11 nitrogen and oxygen atoms in total. The summed E-state index contributed by atoms with van der Waals surface area (Å²) in [5, 5.41) is 16.2. The molecule has 0 bridgehead atoms. The van der Waals surface area contributed by atoms with Crippen molar-refractivity contribution in [2.24, 2.45) is 10.5 Å². The molecule has 1 fully saturated rings. The van der Waals surface area contributed by atoms with Gasteiger partial charge < -0.3 is 30.8 Å². The average molecular weight is 601 g/mol. The Morgan fingerprint density at radius 3 is 2.64 bits per heavy atom. The Morgan fingerprint density at radius 1 is 1.18 bits per heavy atom. The van der Waals surface area contributed by atoms with Crippen molar-refractivity contribution in [2.75, 3.05) is 32.3 Å². The monoisotopic (exact) mass is 600 g/mol. The lowest BCUT2D eigenvalue weighted by molar-refractivity contribution is -0.186. The SMILES string of the molecule is COc1cc(Cc2cnc(N)nc2N)cc(/C=C/C(=O)N2N=Cc3ccccc3C2CCC2(COC(C)(C)O)CC2)c1OC. The molecule has 1 aliphatic heterocycles. The lowest BCUT2D eigenvalue weighted by atomic mass is 9.90. The van der Waals surface area contributed by atoms with Crippen LogP contribution in [0.3, 0.4) is 0 Å². The number of nitrogens with zero attached hydrogens (tertiary/aromatic N) is 4. The number of fused-ring (bicyclic) bond motifs is 1. The van der Waals surface area contributed by atoms with Gasteiger partial charge in [-0.25, -0.2) is 9.99 Å². The largest absolute Gasteiger partial charge is 0.493 e. The predicted molar refractivity (Wildman–Crippen MR) is 169 cm³/mol. The molecule has 0 saturated heterocycles. The summed E-state index contributed by atoms with van der Waals surface area (Å²) in [6.45, 7) is 3.77. The molecule has 44 heavy (non-hydrogen) atoms. The number of rotatable bonds is 12. The third-order valence-electron chi connectivity index (χ3n) is 8.12. The van der Waals surface area contributed by atoms with Crippen molar-refractivity contribution in [3.8, 4) is 11.5 Å². The first-order chi connectivity index (χ1) is 21.0. The normalized spacial score (nSPS) is 17.0. The van der Waals surface area contributed by atoms with Crippen LogP contribution in [0.2, 0.25) is 0 Å². The number of ether oxygens (including phenoxy) is 3. The van der Waals surface area contributed by atoms with E-state index in [9.17, 15) is 9.90 Å². The Kier molecular flexibility index (Phi) is 8.89. The van der Waals surface area contributed by atoms with Crippen LogP contribution in [0.1, 0.15) is 73.4 Å². The van der Waals surface area contributed by atoms with Gasteiger partial charge in [-0.2, -0.15) is 10.1 Å². The van der Waals surface area contributed by atoms with Gasteiger partial charge in [-0.1, -0.05) is 24.3 Å². The molecular formula is C33H40N6O5. The van der Waals surface area contributed by atoms with Crippen LogP contribution in [-0.2, 0) is 16.0 Å². The fourth-order valence-corrected chi connectivity index (χ4v) is 5.48. The fraction of sp³-hybridized carbons (Fsp3) is 0.394. The summed E-state index contributed by atoms with van der Waals surface area (Å²) in [4.78, 5) is 21.9. The van der Waals surface area contributed by atoms with E-state index in [2.05, 4.69) is 15.1 Å². The standard InChI is InChI=1S/C33H40N6O5/c1-32(2,41)44-20-33(13-14-33)12-11-26-25-8-6-5-7-23(25)19-37-39(26)28(40)10-9-22-15-21(17-27(42-3)29(22)43-4)16-24-18-36-31(35)38-30(24)34/h5-10,15,17-19,26,41H,11-14,16,20H2,1-4H3,(H4,34,35,36,38)/b10-9+. The van der Waals surface area contributed by atoms with Crippen LogP contribution in [0.4, 0.5) is 11.8 Å². The van der Waals surface area contributed by atoms with Gasteiger partial charge in [-0.3, -0.25) is 4.79 Å². The number of carbonyl (C=O) groups excluding carboxylic acids is 1. The smallest absolute Gasteiger partial charge is 0.267 e. The van der Waals surface area contributed by atoms with Crippen molar-refractivity contribution >= 4 is 30.0 Å². The summed E-state index contributed by atoms with van der Waals surface area (Å²) in [6, 6.07) is 11.5. The maximum absolute atomic E-state index is 13.7. The molecule has 5 rings (SSSR count). The van der Waals surface area contributed by atoms with E-state index in [4.69, 9.17) is 25.7 Å². The van der Waals surface area contributed by atoms with Gasteiger partial charge in [0.15, 0.2) is 17.3 Å². The molecule has 2 aromatic carbocycles. The number of methoxy groups -OCH3 is 2. The Hall–Kier alpha value is -4.48. The number of hydrazone groups is 1. The summed E-state index contributed by atoms with van der Waals surface area (Å²) in [7, 11) is 3.12. The highest BCUT2D eigenvalue weighted by Crippen LogP contribution is 2.52. The first kappa shape index (κ1) is 31.0. The summed E-state index contributed by atoms with van der Waals surface area (Å²) in [5.41, 5.74) is 16.0. The van der Waals surface area contributed by atoms with E-state index < -0.39 is 5.79 Å². The van der Waals surface area contributed by atoms with Crippen LogP contribution in [0.15, 0.2) is 53.8 Å². The van der Waals surface area contributed by atoms with Crippen LogP contribution in [0.5, 0.6) is 11.5 Å². The van der Waals surface area contributed by atoms with Gasteiger partial charge in [0.05, 0.1) is 33.1 Å². The fourth-order valence-electron chi connectivity index (χ4n) is 5.48. The minimum atomic E-state index is -1.18. The number of nitrogens with two attached hydrogens (primary N) is 2. The Bertz CT molecular complexity index is 1580. The van der Waals surface area contributed by atoms with Crippen LogP contribution in [0, 0.1) is 5.41 Å². The maximum atomic E-state index is 13.7. The number of benzene rings is 2. The van der Waals surface area contributed by atoms with E-state index >= 15 is 0 Å². The predicted octanol–water partition coefficient (Wildman–Crippen LogP) is 4.49. The van der Waals surface area contributed by atoms with Crippen molar-refractivity contribution in [2.45, 2.75) is 57.8 Å². The molecule has 0 radical (unpaired) electrons. The number of amides is 1. The Morgan fingerprint density at radius 2 is 1.95 bits per heavy atom. The highest BCUT2D eigenvalue weighted by molar-refractivity contribution is 5.95. The molecule has 5 N–H and O–H groups in total. The quantitative estimate of drug-likeness (QED) is 0.201. The van der Waals surface area contributed by atoms with Gasteiger partial charge in [-0.05, 0) is 79.8 Å². The van der Waals surface area contributed by atoms with Crippen LogP contribution in [-0.4, -0.2) is 58.8 Å². The lowest BCUT2D eigenvalue weighted by Gasteiger charge is -2.32. The number of anilines is 2. The van der Waals surface area contributed by atoms with Crippen LogP contribution < -0.4 is 20.9 Å². The molecular weight excluding hydrogens is 560 g/mol. The van der Waals surface area contributed by atoms with Gasteiger partial charge >= 0.3 is 0 Å². The van der Waals surface area contributed by atoms with Crippen LogP contribution in [0.25, 0.3) is 6.08 Å². The first-order valence-electron chi connectivity index (χ1n) is 14.6. The molecule has 232 valence electrons. The van der Waals surface area contributed by atoms with Crippen molar-refractivity contribution < 1.29 is 24.1 Å². The molecule has 2 aliphatic rings. The number of aliphatic hydroxyl groups is 1. The van der Waals surface area contributed by atoms with Gasteiger partial charge in [-0.15, -0.1) is 0 Å². The van der Waals surface area contributed by atoms with Gasteiger partial charge in [0.2, 0.25) is 5.95 Å². The summed E-state index contributed by atoms with van der Waals surface area (Å²) < 4.78 is 17.0. The second kappa shape index (κ2) is 12.6. The molecule has 1 amide bonds. The minimum absolute atomic E-state index is 0.00390. The highest BCUT2D eigenvalue weighted by Gasteiger charge is 2.44. The van der Waals surface area contributed by atoms with E-state index in [-0.39, 0.29) is 23.3 Å². The Balaban J connectivity index is 1.39. The molecule has 1 aromatic heterocycles. The number of hydrogen-bond donors (Lipinski definition) is 3.